The van der Waals surface area contributed by atoms with Crippen LogP contribution in [0.3, 0.4) is 0 Å². The van der Waals surface area contributed by atoms with Crippen LogP contribution >= 0.6 is 15.9 Å². The Labute approximate surface area is 129 Å². The molecule has 1 heterocycles. The summed E-state index contributed by atoms with van der Waals surface area (Å²) >= 11 is 3.36. The minimum atomic E-state index is -0.0511. The first-order valence-corrected chi connectivity index (χ1v) is 6.94. The molecule has 0 unspecified atom stereocenters. The van der Waals surface area contributed by atoms with Gasteiger partial charge in [-0.25, -0.2) is 0 Å². The summed E-state index contributed by atoms with van der Waals surface area (Å²) in [7, 11) is 0. The molecule has 2 aromatic carbocycles. The number of rotatable bonds is 3. The Hall–Kier alpha value is -2.54. The molecule has 1 aromatic heterocycles. The first kappa shape index (κ1) is 13.4. The van der Waals surface area contributed by atoms with E-state index in [1.807, 2.05) is 36.4 Å². The molecule has 0 aliphatic rings. The molecule has 21 heavy (non-hydrogen) atoms. The zero-order valence-electron chi connectivity index (χ0n) is 10.9. The van der Waals surface area contributed by atoms with E-state index in [1.54, 1.807) is 12.1 Å². The minimum Gasteiger partial charge on any atom is -0.384 e. The number of hydrogen-bond acceptors (Lipinski definition) is 4. The average Bonchev–Trinajstić information content (AvgIpc) is 2.97. The highest BCUT2D eigenvalue weighted by atomic mass is 79.9. The topological polar surface area (TPSA) is 93.5 Å². The summed E-state index contributed by atoms with van der Waals surface area (Å²) in [6.07, 6.45) is 0. The van der Waals surface area contributed by atoms with Gasteiger partial charge in [0, 0.05) is 15.6 Å². The zero-order chi connectivity index (χ0) is 14.8. The normalized spacial score (nSPS) is 10.5. The molecule has 0 spiro atoms. The standard InChI is InChI=1S/C14H11BrN6/c15-10-6-7-12(11(8-10)13(16)17)21-19-14(18-20-21)9-4-2-1-3-5-9/h1-8H,(H3,16,17). The number of halogens is 1. The number of amidine groups is 1. The molecule has 0 atom stereocenters. The Morgan fingerprint density at radius 3 is 2.62 bits per heavy atom. The summed E-state index contributed by atoms with van der Waals surface area (Å²) in [4.78, 5) is 1.38. The van der Waals surface area contributed by atoms with Gasteiger partial charge in [-0.05, 0) is 23.4 Å². The van der Waals surface area contributed by atoms with Crippen LogP contribution in [0, 0.1) is 5.41 Å². The van der Waals surface area contributed by atoms with Gasteiger partial charge in [-0.3, -0.25) is 5.41 Å². The maximum atomic E-state index is 7.66. The molecule has 3 rings (SSSR count). The lowest BCUT2D eigenvalue weighted by Gasteiger charge is -2.06. The molecule has 3 aromatic rings. The summed E-state index contributed by atoms with van der Waals surface area (Å²) < 4.78 is 0.833. The third-order valence-electron chi connectivity index (χ3n) is 2.91. The van der Waals surface area contributed by atoms with E-state index in [0.29, 0.717) is 17.1 Å². The van der Waals surface area contributed by atoms with Crippen LogP contribution in [-0.2, 0) is 0 Å². The molecule has 0 fully saturated rings. The van der Waals surface area contributed by atoms with Gasteiger partial charge in [0.2, 0.25) is 5.82 Å². The van der Waals surface area contributed by atoms with E-state index in [2.05, 4.69) is 31.3 Å². The fourth-order valence-electron chi connectivity index (χ4n) is 1.92. The smallest absolute Gasteiger partial charge is 0.205 e. The van der Waals surface area contributed by atoms with Gasteiger partial charge in [0.15, 0.2) is 0 Å². The Bertz CT molecular complexity index is 796. The summed E-state index contributed by atoms with van der Waals surface area (Å²) in [5.74, 6) is 0.470. The molecule has 0 aliphatic carbocycles. The Kier molecular flexibility index (Phi) is 3.49. The van der Waals surface area contributed by atoms with Crippen LogP contribution in [0.4, 0.5) is 0 Å². The van der Waals surface area contributed by atoms with Crippen molar-refractivity contribution < 1.29 is 0 Å². The second-order valence-corrected chi connectivity index (χ2v) is 5.26. The zero-order valence-corrected chi connectivity index (χ0v) is 12.4. The van der Waals surface area contributed by atoms with Crippen molar-refractivity contribution in [1.82, 2.24) is 20.2 Å². The van der Waals surface area contributed by atoms with Gasteiger partial charge in [0.1, 0.15) is 5.84 Å². The Morgan fingerprint density at radius 1 is 1.14 bits per heavy atom. The number of benzene rings is 2. The molecular weight excluding hydrogens is 332 g/mol. The first-order valence-electron chi connectivity index (χ1n) is 6.15. The molecule has 0 bridgehead atoms. The number of nitrogens with zero attached hydrogens (tertiary/aromatic N) is 4. The highest BCUT2D eigenvalue weighted by molar-refractivity contribution is 9.10. The van der Waals surface area contributed by atoms with E-state index in [1.165, 1.54) is 4.80 Å². The third-order valence-corrected chi connectivity index (χ3v) is 3.40. The number of nitrogen functional groups attached to an aromatic ring is 1. The predicted molar refractivity (Wildman–Crippen MR) is 83.3 cm³/mol. The van der Waals surface area contributed by atoms with Crippen LogP contribution < -0.4 is 5.73 Å². The first-order chi connectivity index (χ1) is 10.1. The molecule has 0 amide bonds. The van der Waals surface area contributed by atoms with E-state index in [0.717, 1.165) is 10.0 Å². The van der Waals surface area contributed by atoms with Crippen molar-refractivity contribution in [2.45, 2.75) is 0 Å². The fraction of sp³-hybridized carbons (Fsp3) is 0. The number of hydrogen-bond donors (Lipinski definition) is 2. The SMILES string of the molecule is N=C(N)c1cc(Br)ccc1-n1nnc(-c2ccccc2)n1. The van der Waals surface area contributed by atoms with Crippen molar-refractivity contribution in [3.8, 4) is 17.1 Å². The van der Waals surface area contributed by atoms with Crippen molar-refractivity contribution >= 4 is 21.8 Å². The largest absolute Gasteiger partial charge is 0.384 e. The molecule has 0 saturated carbocycles. The fourth-order valence-corrected chi connectivity index (χ4v) is 2.28. The summed E-state index contributed by atoms with van der Waals surface area (Å²) in [6.45, 7) is 0. The van der Waals surface area contributed by atoms with Crippen LogP contribution in [0.5, 0.6) is 0 Å². The molecular formula is C14H11BrN6. The highest BCUT2D eigenvalue weighted by Crippen LogP contribution is 2.20. The summed E-state index contributed by atoms with van der Waals surface area (Å²) in [6, 6.07) is 15.0. The van der Waals surface area contributed by atoms with Gasteiger partial charge in [0.05, 0.1) is 5.69 Å². The van der Waals surface area contributed by atoms with Crippen LogP contribution in [-0.4, -0.2) is 26.0 Å². The average molecular weight is 343 g/mol. The molecule has 0 radical (unpaired) electrons. The van der Waals surface area contributed by atoms with Crippen LogP contribution in [0.2, 0.25) is 0 Å². The van der Waals surface area contributed by atoms with Crippen LogP contribution in [0.25, 0.3) is 17.1 Å². The van der Waals surface area contributed by atoms with E-state index >= 15 is 0 Å². The quantitative estimate of drug-likeness (QED) is 0.564. The highest BCUT2D eigenvalue weighted by Gasteiger charge is 2.12. The van der Waals surface area contributed by atoms with E-state index in [4.69, 9.17) is 11.1 Å². The molecule has 3 N–H and O–H groups in total. The van der Waals surface area contributed by atoms with Crippen LogP contribution in [0.1, 0.15) is 5.56 Å². The van der Waals surface area contributed by atoms with Gasteiger partial charge in [-0.1, -0.05) is 46.3 Å². The predicted octanol–water partition coefficient (Wildman–Crippen LogP) is 2.38. The van der Waals surface area contributed by atoms with Gasteiger partial charge in [0.25, 0.3) is 0 Å². The number of nitrogens with two attached hydrogens (primary N) is 1. The maximum absolute atomic E-state index is 7.66. The third kappa shape index (κ3) is 2.68. The van der Waals surface area contributed by atoms with E-state index in [9.17, 15) is 0 Å². The van der Waals surface area contributed by atoms with E-state index in [-0.39, 0.29) is 5.84 Å². The van der Waals surface area contributed by atoms with Gasteiger partial charge < -0.3 is 5.73 Å². The van der Waals surface area contributed by atoms with Crippen molar-refractivity contribution in [3.63, 3.8) is 0 Å². The van der Waals surface area contributed by atoms with Crippen molar-refractivity contribution in [1.29, 1.82) is 5.41 Å². The molecule has 0 aliphatic heterocycles. The second-order valence-electron chi connectivity index (χ2n) is 4.34. The number of tetrazole rings is 1. The lowest BCUT2D eigenvalue weighted by atomic mass is 10.1. The Balaban J connectivity index is 2.07. The van der Waals surface area contributed by atoms with E-state index < -0.39 is 0 Å². The maximum Gasteiger partial charge on any atom is 0.205 e. The lowest BCUT2D eigenvalue weighted by molar-refractivity contribution is 0.718. The van der Waals surface area contributed by atoms with Crippen molar-refractivity contribution in [3.05, 3.63) is 58.6 Å². The van der Waals surface area contributed by atoms with Crippen molar-refractivity contribution in [2.75, 3.05) is 0 Å². The second kappa shape index (κ2) is 5.45. The van der Waals surface area contributed by atoms with Gasteiger partial charge in [-0.2, -0.15) is 0 Å². The molecule has 6 nitrogen and oxygen atoms in total. The lowest BCUT2D eigenvalue weighted by Crippen LogP contribution is -2.16. The minimum absolute atomic E-state index is 0.0511. The molecule has 104 valence electrons. The van der Waals surface area contributed by atoms with Gasteiger partial charge in [-0.15, -0.1) is 15.0 Å². The Morgan fingerprint density at radius 2 is 1.90 bits per heavy atom. The number of nitrogens with one attached hydrogen (secondary N) is 1. The number of aromatic nitrogens is 4. The monoisotopic (exact) mass is 342 g/mol. The summed E-state index contributed by atoms with van der Waals surface area (Å²) in [5.41, 5.74) is 7.65. The molecule has 7 heteroatoms. The van der Waals surface area contributed by atoms with Crippen molar-refractivity contribution in [2.24, 2.45) is 5.73 Å². The summed E-state index contributed by atoms with van der Waals surface area (Å²) in [5, 5.41) is 20.1. The van der Waals surface area contributed by atoms with Crippen LogP contribution in [0.15, 0.2) is 53.0 Å². The molecule has 0 saturated heterocycles. The van der Waals surface area contributed by atoms with Gasteiger partial charge >= 0.3 is 0 Å².